The van der Waals surface area contributed by atoms with Crippen LogP contribution in [0.3, 0.4) is 0 Å². The summed E-state index contributed by atoms with van der Waals surface area (Å²) in [5, 5.41) is 4.55. The number of hydrogen-bond donors (Lipinski definition) is 1. The molecule has 0 radical (unpaired) electrons. The molecule has 0 aliphatic rings. The molecule has 4 nitrogen and oxygen atoms in total. The zero-order chi connectivity index (χ0) is 13.2. The largest absolute Gasteiger partial charge is 0.325 e. The minimum absolute atomic E-state index is 0.463. The Morgan fingerprint density at radius 1 is 1.11 bits per heavy atom. The number of nitrogens with two attached hydrogens (primary N) is 1. The van der Waals surface area contributed by atoms with Crippen LogP contribution in [-0.2, 0) is 13.0 Å². The van der Waals surface area contributed by atoms with E-state index in [1.807, 2.05) is 34.8 Å². The minimum atomic E-state index is 0.463. The summed E-state index contributed by atoms with van der Waals surface area (Å²) in [7, 11) is 0. The molecule has 0 aliphatic carbocycles. The van der Waals surface area contributed by atoms with E-state index in [0.717, 1.165) is 23.6 Å². The van der Waals surface area contributed by atoms with Crippen LogP contribution in [0.25, 0.3) is 5.65 Å². The van der Waals surface area contributed by atoms with Crippen molar-refractivity contribution in [3.63, 3.8) is 0 Å². The van der Waals surface area contributed by atoms with Crippen molar-refractivity contribution in [3.05, 3.63) is 65.1 Å². The second-order valence-electron chi connectivity index (χ2n) is 4.62. The topological polar surface area (TPSA) is 56.2 Å². The monoisotopic (exact) mass is 252 g/mol. The summed E-state index contributed by atoms with van der Waals surface area (Å²) >= 11 is 0. The van der Waals surface area contributed by atoms with E-state index in [1.165, 1.54) is 11.1 Å². The molecule has 0 bridgehead atoms. The minimum Gasteiger partial charge on any atom is -0.325 e. The number of rotatable bonds is 3. The van der Waals surface area contributed by atoms with Gasteiger partial charge in [-0.25, -0.2) is 9.50 Å². The highest BCUT2D eigenvalue weighted by Crippen LogP contribution is 2.13. The summed E-state index contributed by atoms with van der Waals surface area (Å²) in [6.07, 6.45) is 0.748. The molecule has 0 saturated carbocycles. The van der Waals surface area contributed by atoms with Crippen molar-refractivity contribution in [2.75, 3.05) is 0 Å². The van der Waals surface area contributed by atoms with Crippen LogP contribution >= 0.6 is 0 Å². The first-order valence-electron chi connectivity index (χ1n) is 6.36. The Morgan fingerprint density at radius 3 is 2.74 bits per heavy atom. The first kappa shape index (κ1) is 11.9. The SMILES string of the molecule is Cc1ccccc1Cc1nc2cccc(CN)n2n1. The number of nitrogens with zero attached hydrogens (tertiary/aromatic N) is 3. The average molecular weight is 252 g/mol. The van der Waals surface area contributed by atoms with Crippen molar-refractivity contribution in [1.29, 1.82) is 0 Å². The van der Waals surface area contributed by atoms with Crippen molar-refractivity contribution >= 4 is 5.65 Å². The van der Waals surface area contributed by atoms with E-state index in [4.69, 9.17) is 5.73 Å². The van der Waals surface area contributed by atoms with Gasteiger partial charge in [0.15, 0.2) is 11.5 Å². The van der Waals surface area contributed by atoms with Gasteiger partial charge in [0.05, 0.1) is 5.69 Å². The number of hydrogen-bond acceptors (Lipinski definition) is 3. The molecular formula is C15H16N4. The normalized spacial score (nSPS) is 11.1. The average Bonchev–Trinajstić information content (AvgIpc) is 2.83. The maximum Gasteiger partial charge on any atom is 0.156 e. The van der Waals surface area contributed by atoms with Gasteiger partial charge in [-0.3, -0.25) is 0 Å². The molecule has 3 aromatic rings. The lowest BCUT2D eigenvalue weighted by molar-refractivity contribution is 0.825. The van der Waals surface area contributed by atoms with Crippen molar-refractivity contribution in [1.82, 2.24) is 14.6 Å². The van der Waals surface area contributed by atoms with Crippen LogP contribution < -0.4 is 5.73 Å². The predicted molar refractivity (Wildman–Crippen MR) is 74.9 cm³/mol. The maximum atomic E-state index is 5.71. The molecule has 2 heterocycles. The lowest BCUT2D eigenvalue weighted by Gasteiger charge is -2.01. The summed E-state index contributed by atoms with van der Waals surface area (Å²) in [6.45, 7) is 2.57. The van der Waals surface area contributed by atoms with E-state index in [0.29, 0.717) is 6.54 Å². The van der Waals surface area contributed by atoms with Crippen molar-refractivity contribution in [2.24, 2.45) is 5.73 Å². The first-order valence-corrected chi connectivity index (χ1v) is 6.36. The molecule has 19 heavy (non-hydrogen) atoms. The molecular weight excluding hydrogens is 236 g/mol. The molecule has 0 unspecified atom stereocenters. The fourth-order valence-corrected chi connectivity index (χ4v) is 2.21. The predicted octanol–water partition coefficient (Wildman–Crippen LogP) is 2.09. The van der Waals surface area contributed by atoms with Gasteiger partial charge < -0.3 is 5.73 Å². The Labute approximate surface area is 111 Å². The van der Waals surface area contributed by atoms with E-state index >= 15 is 0 Å². The van der Waals surface area contributed by atoms with Crippen LogP contribution in [0.1, 0.15) is 22.6 Å². The molecule has 1 aromatic carbocycles. The maximum absolute atomic E-state index is 5.71. The van der Waals surface area contributed by atoms with Gasteiger partial charge in [0.1, 0.15) is 0 Å². The highest BCUT2D eigenvalue weighted by atomic mass is 15.3. The first-order chi connectivity index (χ1) is 9.28. The Morgan fingerprint density at radius 2 is 1.95 bits per heavy atom. The molecule has 3 rings (SSSR count). The summed E-state index contributed by atoms with van der Waals surface area (Å²) < 4.78 is 1.83. The molecule has 2 N–H and O–H groups in total. The Hall–Kier alpha value is -2.20. The van der Waals surface area contributed by atoms with Gasteiger partial charge in [0.2, 0.25) is 0 Å². The number of benzene rings is 1. The third kappa shape index (κ3) is 2.22. The van der Waals surface area contributed by atoms with Crippen molar-refractivity contribution in [3.8, 4) is 0 Å². The lowest BCUT2D eigenvalue weighted by Crippen LogP contribution is -2.04. The number of pyridine rings is 1. The highest BCUT2D eigenvalue weighted by molar-refractivity contribution is 5.40. The highest BCUT2D eigenvalue weighted by Gasteiger charge is 2.08. The fourth-order valence-electron chi connectivity index (χ4n) is 2.21. The zero-order valence-corrected chi connectivity index (χ0v) is 10.9. The Balaban J connectivity index is 2.00. The third-order valence-electron chi connectivity index (χ3n) is 3.30. The third-order valence-corrected chi connectivity index (χ3v) is 3.30. The van der Waals surface area contributed by atoms with Crippen molar-refractivity contribution in [2.45, 2.75) is 19.9 Å². The number of aryl methyl sites for hydroxylation is 1. The van der Waals surface area contributed by atoms with Crippen LogP contribution in [0.15, 0.2) is 42.5 Å². The molecule has 96 valence electrons. The second-order valence-corrected chi connectivity index (χ2v) is 4.62. The van der Waals surface area contributed by atoms with Crippen LogP contribution in [0.4, 0.5) is 0 Å². The van der Waals surface area contributed by atoms with E-state index in [1.54, 1.807) is 0 Å². The molecule has 2 aromatic heterocycles. The van der Waals surface area contributed by atoms with Gasteiger partial charge in [-0.05, 0) is 30.2 Å². The van der Waals surface area contributed by atoms with Crippen LogP contribution in [-0.4, -0.2) is 14.6 Å². The van der Waals surface area contributed by atoms with Crippen LogP contribution in [0.5, 0.6) is 0 Å². The zero-order valence-electron chi connectivity index (χ0n) is 10.9. The van der Waals surface area contributed by atoms with E-state index in [9.17, 15) is 0 Å². The fraction of sp³-hybridized carbons (Fsp3) is 0.200. The van der Waals surface area contributed by atoms with Gasteiger partial charge in [-0.1, -0.05) is 30.3 Å². The molecule has 0 amide bonds. The number of aromatic nitrogens is 3. The molecule has 4 heteroatoms. The molecule has 0 atom stereocenters. The molecule has 0 aliphatic heterocycles. The standard InChI is InChI=1S/C15H16N4/c1-11-5-2-3-6-12(11)9-14-17-15-8-4-7-13(10-16)19(15)18-14/h2-8H,9-10,16H2,1H3. The van der Waals surface area contributed by atoms with E-state index in [-0.39, 0.29) is 0 Å². The van der Waals surface area contributed by atoms with Gasteiger partial charge in [-0.2, -0.15) is 5.10 Å². The lowest BCUT2D eigenvalue weighted by atomic mass is 10.1. The van der Waals surface area contributed by atoms with Gasteiger partial charge in [-0.15, -0.1) is 0 Å². The quantitative estimate of drug-likeness (QED) is 0.776. The van der Waals surface area contributed by atoms with Gasteiger partial charge >= 0.3 is 0 Å². The van der Waals surface area contributed by atoms with E-state index in [2.05, 4.69) is 29.1 Å². The van der Waals surface area contributed by atoms with Crippen LogP contribution in [0.2, 0.25) is 0 Å². The molecule has 0 fully saturated rings. The number of fused-ring (bicyclic) bond motifs is 1. The molecule has 0 spiro atoms. The van der Waals surface area contributed by atoms with Crippen LogP contribution in [0, 0.1) is 6.92 Å². The Bertz CT molecular complexity index is 715. The summed E-state index contributed by atoms with van der Waals surface area (Å²) in [4.78, 5) is 4.55. The van der Waals surface area contributed by atoms with Gasteiger partial charge in [0, 0.05) is 13.0 Å². The Kier molecular flexibility index (Phi) is 3.01. The van der Waals surface area contributed by atoms with E-state index < -0.39 is 0 Å². The van der Waals surface area contributed by atoms with Crippen molar-refractivity contribution < 1.29 is 0 Å². The smallest absolute Gasteiger partial charge is 0.156 e. The molecule has 0 saturated heterocycles. The second kappa shape index (κ2) is 4.82. The summed E-state index contributed by atoms with van der Waals surface area (Å²) in [5.41, 5.74) is 10.1. The van der Waals surface area contributed by atoms with Gasteiger partial charge in [0.25, 0.3) is 0 Å². The summed E-state index contributed by atoms with van der Waals surface area (Å²) in [5.74, 6) is 0.829. The summed E-state index contributed by atoms with van der Waals surface area (Å²) in [6, 6.07) is 14.2.